The maximum absolute atomic E-state index is 5.80. The highest BCUT2D eigenvalue weighted by molar-refractivity contribution is 5.84. The van der Waals surface area contributed by atoms with E-state index >= 15 is 0 Å². The van der Waals surface area contributed by atoms with Gasteiger partial charge in [-0.2, -0.15) is 15.1 Å². The molecule has 3 rings (SSSR count). The molecule has 0 saturated carbocycles. The topological polar surface area (TPSA) is 98.9 Å². The molecule has 7 heteroatoms. The Balaban J connectivity index is 1.70. The Hall–Kier alpha value is -1.89. The lowest BCUT2D eigenvalue weighted by Gasteiger charge is -2.21. The first kappa shape index (κ1) is 11.2. The summed E-state index contributed by atoms with van der Waals surface area (Å²) in [5.74, 6) is 0.886. The molecule has 0 spiro atoms. The molecule has 0 bridgehead atoms. The average molecular weight is 249 g/mol. The number of hydrogen-bond donors (Lipinski definition) is 2. The minimum Gasteiger partial charge on any atom is -0.463 e. The van der Waals surface area contributed by atoms with Gasteiger partial charge < -0.3 is 15.2 Å². The zero-order valence-corrected chi connectivity index (χ0v) is 9.93. The van der Waals surface area contributed by atoms with E-state index in [9.17, 15) is 0 Å². The van der Waals surface area contributed by atoms with Crippen LogP contribution >= 0.6 is 0 Å². The van der Waals surface area contributed by atoms with E-state index in [0.717, 1.165) is 26.1 Å². The molecule has 2 aromatic rings. The third kappa shape index (κ3) is 2.21. The maximum atomic E-state index is 5.80. The van der Waals surface area contributed by atoms with Crippen molar-refractivity contribution in [2.45, 2.75) is 12.8 Å². The lowest BCUT2D eigenvalue weighted by molar-refractivity contribution is 0.0483. The lowest BCUT2D eigenvalue weighted by Crippen LogP contribution is -2.22. The Morgan fingerprint density at radius 2 is 2.22 bits per heavy atom. The van der Waals surface area contributed by atoms with E-state index in [-0.39, 0.29) is 0 Å². The average Bonchev–Trinajstić information content (AvgIpc) is 2.86. The van der Waals surface area contributed by atoms with Gasteiger partial charge in [0.2, 0.25) is 0 Å². The molecule has 0 aliphatic carbocycles. The molecule has 1 fully saturated rings. The Kier molecular flexibility index (Phi) is 2.97. The standard InChI is InChI=1S/C11H15N5O2/c12-9-8-5-13-16-10(8)15-11(14-9)18-6-7-1-3-17-4-2-7/h5,7H,1-4,6H2,(H3,12,13,14,15,16). The van der Waals surface area contributed by atoms with Crippen molar-refractivity contribution in [2.75, 3.05) is 25.6 Å². The molecule has 1 aliphatic heterocycles. The van der Waals surface area contributed by atoms with E-state index in [1.165, 1.54) is 0 Å². The molecule has 1 saturated heterocycles. The fourth-order valence-corrected chi connectivity index (χ4v) is 2.01. The van der Waals surface area contributed by atoms with E-state index in [0.29, 0.717) is 35.4 Å². The summed E-state index contributed by atoms with van der Waals surface area (Å²) in [4.78, 5) is 8.33. The van der Waals surface area contributed by atoms with E-state index < -0.39 is 0 Å². The number of anilines is 1. The molecule has 3 heterocycles. The van der Waals surface area contributed by atoms with E-state index in [2.05, 4.69) is 20.2 Å². The quantitative estimate of drug-likeness (QED) is 0.832. The molecule has 0 atom stereocenters. The van der Waals surface area contributed by atoms with Crippen LogP contribution in [0.4, 0.5) is 5.82 Å². The van der Waals surface area contributed by atoms with Crippen molar-refractivity contribution in [1.29, 1.82) is 0 Å². The van der Waals surface area contributed by atoms with Gasteiger partial charge in [0, 0.05) is 13.2 Å². The summed E-state index contributed by atoms with van der Waals surface area (Å²) in [6.45, 7) is 2.20. The molecule has 96 valence electrons. The number of nitrogen functional groups attached to an aromatic ring is 1. The third-order valence-electron chi connectivity index (χ3n) is 3.11. The fourth-order valence-electron chi connectivity index (χ4n) is 2.01. The number of aromatic amines is 1. The second kappa shape index (κ2) is 4.77. The van der Waals surface area contributed by atoms with Crippen LogP contribution in [-0.4, -0.2) is 40.0 Å². The highest BCUT2D eigenvalue weighted by Crippen LogP contribution is 2.20. The van der Waals surface area contributed by atoms with Gasteiger partial charge in [0.1, 0.15) is 5.82 Å². The second-order valence-electron chi connectivity index (χ2n) is 4.39. The minimum atomic E-state index is 0.302. The molecule has 2 aromatic heterocycles. The number of fused-ring (bicyclic) bond motifs is 1. The van der Waals surface area contributed by atoms with Crippen molar-refractivity contribution in [3.63, 3.8) is 0 Å². The third-order valence-corrected chi connectivity index (χ3v) is 3.11. The first-order valence-corrected chi connectivity index (χ1v) is 6.00. The summed E-state index contributed by atoms with van der Waals surface area (Å²) in [6.07, 6.45) is 3.64. The Labute approximate surface area is 104 Å². The van der Waals surface area contributed by atoms with Gasteiger partial charge in [0.05, 0.1) is 18.2 Å². The Morgan fingerprint density at radius 3 is 3.06 bits per heavy atom. The number of H-pyrrole nitrogens is 1. The molecule has 18 heavy (non-hydrogen) atoms. The van der Waals surface area contributed by atoms with E-state index in [4.69, 9.17) is 15.2 Å². The normalized spacial score (nSPS) is 17.1. The molecule has 0 unspecified atom stereocenters. The molecule has 0 amide bonds. The first-order valence-electron chi connectivity index (χ1n) is 6.00. The monoisotopic (exact) mass is 249 g/mol. The second-order valence-corrected chi connectivity index (χ2v) is 4.39. The fraction of sp³-hybridized carbons (Fsp3) is 0.545. The van der Waals surface area contributed by atoms with E-state index in [1.54, 1.807) is 6.20 Å². The van der Waals surface area contributed by atoms with Crippen LogP contribution in [0.25, 0.3) is 11.0 Å². The number of hydrogen-bond acceptors (Lipinski definition) is 6. The van der Waals surface area contributed by atoms with Gasteiger partial charge in [-0.05, 0) is 18.8 Å². The van der Waals surface area contributed by atoms with Crippen molar-refractivity contribution in [3.8, 4) is 6.01 Å². The van der Waals surface area contributed by atoms with E-state index in [1.807, 2.05) is 0 Å². The van der Waals surface area contributed by atoms with Crippen LogP contribution in [0.5, 0.6) is 6.01 Å². The van der Waals surface area contributed by atoms with Crippen molar-refractivity contribution in [1.82, 2.24) is 20.2 Å². The lowest BCUT2D eigenvalue weighted by atomic mass is 10.0. The zero-order valence-electron chi connectivity index (χ0n) is 9.93. The Bertz CT molecular complexity index is 535. The largest absolute Gasteiger partial charge is 0.463 e. The van der Waals surface area contributed by atoms with Crippen LogP contribution in [0.3, 0.4) is 0 Å². The van der Waals surface area contributed by atoms with Gasteiger partial charge in [0.15, 0.2) is 5.65 Å². The molecular weight excluding hydrogens is 234 g/mol. The van der Waals surface area contributed by atoms with Crippen LogP contribution < -0.4 is 10.5 Å². The van der Waals surface area contributed by atoms with Crippen molar-refractivity contribution in [3.05, 3.63) is 6.20 Å². The molecule has 3 N–H and O–H groups in total. The maximum Gasteiger partial charge on any atom is 0.320 e. The molecule has 0 radical (unpaired) electrons. The Morgan fingerprint density at radius 1 is 1.39 bits per heavy atom. The summed E-state index contributed by atoms with van der Waals surface area (Å²) in [6, 6.07) is 0.302. The van der Waals surface area contributed by atoms with Crippen LogP contribution in [0.15, 0.2) is 6.20 Å². The SMILES string of the molecule is Nc1nc(OCC2CCOCC2)nc2[nH]ncc12. The smallest absolute Gasteiger partial charge is 0.320 e. The predicted octanol–water partition coefficient (Wildman–Crippen LogP) is 0.740. The zero-order chi connectivity index (χ0) is 12.4. The number of aromatic nitrogens is 4. The highest BCUT2D eigenvalue weighted by atomic mass is 16.5. The summed E-state index contributed by atoms with van der Waals surface area (Å²) < 4.78 is 10.9. The van der Waals surface area contributed by atoms with Crippen LogP contribution in [-0.2, 0) is 4.74 Å². The van der Waals surface area contributed by atoms with Crippen LogP contribution in [0.2, 0.25) is 0 Å². The van der Waals surface area contributed by atoms with Gasteiger partial charge in [-0.25, -0.2) is 0 Å². The van der Waals surface area contributed by atoms with Crippen LogP contribution in [0.1, 0.15) is 12.8 Å². The highest BCUT2D eigenvalue weighted by Gasteiger charge is 2.15. The van der Waals surface area contributed by atoms with Gasteiger partial charge in [-0.3, -0.25) is 5.10 Å². The first-order chi connectivity index (χ1) is 8.83. The summed E-state index contributed by atoms with van der Waals surface area (Å²) >= 11 is 0. The number of nitrogens with one attached hydrogen (secondary N) is 1. The molecule has 0 aromatic carbocycles. The summed E-state index contributed by atoms with van der Waals surface area (Å²) in [5, 5.41) is 7.35. The number of ether oxygens (including phenoxy) is 2. The molecule has 7 nitrogen and oxygen atoms in total. The molecule has 1 aliphatic rings. The molecular formula is C11H15N5O2. The van der Waals surface area contributed by atoms with Gasteiger partial charge in [-0.1, -0.05) is 0 Å². The number of rotatable bonds is 3. The van der Waals surface area contributed by atoms with Crippen molar-refractivity contribution in [2.24, 2.45) is 5.92 Å². The van der Waals surface area contributed by atoms with Crippen molar-refractivity contribution >= 4 is 16.9 Å². The van der Waals surface area contributed by atoms with Crippen LogP contribution in [0, 0.1) is 5.92 Å². The number of nitrogens with two attached hydrogens (primary N) is 1. The van der Waals surface area contributed by atoms with Gasteiger partial charge >= 0.3 is 6.01 Å². The van der Waals surface area contributed by atoms with Gasteiger partial charge in [0.25, 0.3) is 0 Å². The van der Waals surface area contributed by atoms with Gasteiger partial charge in [-0.15, -0.1) is 0 Å². The summed E-state index contributed by atoms with van der Waals surface area (Å²) in [5.41, 5.74) is 6.40. The number of nitrogens with zero attached hydrogens (tertiary/aromatic N) is 3. The summed E-state index contributed by atoms with van der Waals surface area (Å²) in [7, 11) is 0. The minimum absolute atomic E-state index is 0.302. The predicted molar refractivity (Wildman–Crippen MR) is 65.1 cm³/mol. The van der Waals surface area contributed by atoms with Crippen molar-refractivity contribution < 1.29 is 9.47 Å².